The van der Waals surface area contributed by atoms with Gasteiger partial charge in [-0.25, -0.2) is 0 Å². The zero-order valence-electron chi connectivity index (χ0n) is 13.0. The number of rotatable bonds is 4. The van der Waals surface area contributed by atoms with Gasteiger partial charge in [-0.3, -0.25) is 4.79 Å². The van der Waals surface area contributed by atoms with E-state index in [0.717, 1.165) is 11.1 Å². The molecular formula is C19H23NO. The van der Waals surface area contributed by atoms with Crippen molar-refractivity contribution in [3.05, 3.63) is 71.8 Å². The zero-order valence-corrected chi connectivity index (χ0v) is 13.0. The Kier molecular flexibility index (Phi) is 4.79. The van der Waals surface area contributed by atoms with Crippen LogP contribution in [0.5, 0.6) is 0 Å². The summed E-state index contributed by atoms with van der Waals surface area (Å²) in [6, 6.07) is 19.9. The molecule has 0 spiro atoms. The molecule has 0 unspecified atom stereocenters. The van der Waals surface area contributed by atoms with Gasteiger partial charge in [0.25, 0.3) is 0 Å². The second-order valence-corrected chi connectivity index (χ2v) is 6.53. The largest absolute Gasteiger partial charge is 0.355 e. The van der Waals surface area contributed by atoms with Gasteiger partial charge in [-0.05, 0) is 16.5 Å². The predicted octanol–water partition coefficient (Wildman–Crippen LogP) is 3.98. The van der Waals surface area contributed by atoms with Crippen LogP contribution in [0.2, 0.25) is 0 Å². The van der Waals surface area contributed by atoms with Gasteiger partial charge in [0.2, 0.25) is 5.91 Å². The molecule has 0 aliphatic heterocycles. The van der Waals surface area contributed by atoms with Gasteiger partial charge < -0.3 is 5.32 Å². The highest BCUT2D eigenvalue weighted by atomic mass is 16.1. The summed E-state index contributed by atoms with van der Waals surface area (Å²) in [5, 5.41) is 3.08. The predicted molar refractivity (Wildman–Crippen MR) is 87.2 cm³/mol. The van der Waals surface area contributed by atoms with Crippen molar-refractivity contribution in [2.24, 2.45) is 5.41 Å². The van der Waals surface area contributed by atoms with Crippen molar-refractivity contribution in [1.82, 2.24) is 5.32 Å². The van der Waals surface area contributed by atoms with Gasteiger partial charge in [0, 0.05) is 6.54 Å². The van der Waals surface area contributed by atoms with E-state index < -0.39 is 0 Å². The van der Waals surface area contributed by atoms with Gasteiger partial charge in [0.1, 0.15) is 0 Å². The fraction of sp³-hybridized carbons (Fsp3) is 0.316. The van der Waals surface area contributed by atoms with Gasteiger partial charge >= 0.3 is 0 Å². The first kappa shape index (κ1) is 15.3. The maximum absolute atomic E-state index is 12.7. The van der Waals surface area contributed by atoms with Gasteiger partial charge in [-0.15, -0.1) is 0 Å². The number of benzene rings is 2. The van der Waals surface area contributed by atoms with Crippen molar-refractivity contribution < 1.29 is 4.79 Å². The first-order valence-electron chi connectivity index (χ1n) is 7.35. The monoisotopic (exact) mass is 281 g/mol. The molecule has 2 nitrogen and oxygen atoms in total. The number of amides is 1. The van der Waals surface area contributed by atoms with Crippen LogP contribution in [0.1, 0.15) is 37.8 Å². The maximum atomic E-state index is 12.7. The van der Waals surface area contributed by atoms with Gasteiger partial charge in [-0.2, -0.15) is 0 Å². The van der Waals surface area contributed by atoms with Crippen LogP contribution in [-0.4, -0.2) is 12.5 Å². The molecular weight excluding hydrogens is 258 g/mol. The third-order valence-electron chi connectivity index (χ3n) is 3.32. The van der Waals surface area contributed by atoms with Gasteiger partial charge in [0.15, 0.2) is 0 Å². The van der Waals surface area contributed by atoms with Gasteiger partial charge in [0.05, 0.1) is 5.92 Å². The van der Waals surface area contributed by atoms with E-state index in [-0.39, 0.29) is 17.2 Å². The Morgan fingerprint density at radius 1 is 0.905 bits per heavy atom. The standard InChI is InChI=1S/C19H23NO/c1-19(2,3)14-20-18(21)17(15-10-6-4-7-11-15)16-12-8-5-9-13-16/h4-13,17H,14H2,1-3H3,(H,20,21). The van der Waals surface area contributed by atoms with Crippen molar-refractivity contribution >= 4 is 5.91 Å². The van der Waals surface area contributed by atoms with Crippen LogP contribution in [0.15, 0.2) is 60.7 Å². The SMILES string of the molecule is CC(C)(C)CNC(=O)C(c1ccccc1)c1ccccc1. The third-order valence-corrected chi connectivity index (χ3v) is 3.32. The molecule has 2 aromatic rings. The maximum Gasteiger partial charge on any atom is 0.232 e. The Labute approximate surface area is 127 Å². The Hall–Kier alpha value is -2.09. The molecule has 0 saturated heterocycles. The molecule has 0 fully saturated rings. The minimum Gasteiger partial charge on any atom is -0.355 e. The van der Waals surface area contributed by atoms with Crippen LogP contribution in [0, 0.1) is 5.41 Å². The second kappa shape index (κ2) is 6.57. The molecule has 2 heteroatoms. The molecule has 21 heavy (non-hydrogen) atoms. The van der Waals surface area contributed by atoms with Crippen molar-refractivity contribution in [2.75, 3.05) is 6.54 Å². The van der Waals surface area contributed by atoms with E-state index in [0.29, 0.717) is 6.54 Å². The average molecular weight is 281 g/mol. The fourth-order valence-electron chi connectivity index (χ4n) is 2.24. The molecule has 0 aromatic heterocycles. The Morgan fingerprint density at radius 2 is 1.33 bits per heavy atom. The van der Waals surface area contributed by atoms with Gasteiger partial charge in [-0.1, -0.05) is 81.4 Å². The summed E-state index contributed by atoms with van der Waals surface area (Å²) in [6.45, 7) is 7.02. The van der Waals surface area contributed by atoms with Crippen LogP contribution in [0.4, 0.5) is 0 Å². The third kappa shape index (κ3) is 4.45. The molecule has 0 radical (unpaired) electrons. The van der Waals surface area contributed by atoms with E-state index in [1.165, 1.54) is 0 Å². The van der Waals surface area contributed by atoms with E-state index in [1.807, 2.05) is 60.7 Å². The zero-order chi connectivity index (χ0) is 15.3. The second-order valence-electron chi connectivity index (χ2n) is 6.53. The highest BCUT2D eigenvalue weighted by Crippen LogP contribution is 2.25. The smallest absolute Gasteiger partial charge is 0.232 e. The first-order chi connectivity index (χ1) is 9.97. The van der Waals surface area contributed by atoms with E-state index in [4.69, 9.17) is 0 Å². The molecule has 110 valence electrons. The molecule has 0 saturated carbocycles. The molecule has 0 heterocycles. The lowest BCUT2D eigenvalue weighted by molar-refractivity contribution is -0.122. The minimum absolute atomic E-state index is 0.0577. The molecule has 1 amide bonds. The quantitative estimate of drug-likeness (QED) is 0.902. The summed E-state index contributed by atoms with van der Waals surface area (Å²) in [5.41, 5.74) is 2.12. The number of hydrogen-bond acceptors (Lipinski definition) is 1. The van der Waals surface area contributed by atoms with Crippen LogP contribution in [0.25, 0.3) is 0 Å². The molecule has 0 bridgehead atoms. The molecule has 0 aliphatic carbocycles. The number of hydrogen-bond donors (Lipinski definition) is 1. The molecule has 0 atom stereocenters. The lowest BCUT2D eigenvalue weighted by Gasteiger charge is -2.23. The molecule has 0 aliphatic rings. The summed E-state index contributed by atoms with van der Waals surface area (Å²) < 4.78 is 0. The summed E-state index contributed by atoms with van der Waals surface area (Å²) in [5.74, 6) is -0.197. The normalized spacial score (nSPS) is 11.4. The molecule has 1 N–H and O–H groups in total. The number of carbonyl (C=O) groups is 1. The lowest BCUT2D eigenvalue weighted by atomic mass is 9.89. The van der Waals surface area contributed by atoms with Crippen molar-refractivity contribution in [1.29, 1.82) is 0 Å². The van der Waals surface area contributed by atoms with E-state index >= 15 is 0 Å². The number of nitrogens with one attached hydrogen (secondary N) is 1. The van der Waals surface area contributed by atoms with Crippen molar-refractivity contribution in [2.45, 2.75) is 26.7 Å². The van der Waals surface area contributed by atoms with Crippen molar-refractivity contribution in [3.63, 3.8) is 0 Å². The fourth-order valence-corrected chi connectivity index (χ4v) is 2.24. The van der Waals surface area contributed by atoms with Crippen LogP contribution in [0.3, 0.4) is 0 Å². The average Bonchev–Trinajstić information content (AvgIpc) is 2.47. The van der Waals surface area contributed by atoms with Crippen LogP contribution >= 0.6 is 0 Å². The summed E-state index contributed by atoms with van der Waals surface area (Å²) in [7, 11) is 0. The Balaban J connectivity index is 2.27. The highest BCUT2D eigenvalue weighted by Gasteiger charge is 2.23. The topological polar surface area (TPSA) is 29.1 Å². The highest BCUT2D eigenvalue weighted by molar-refractivity contribution is 5.87. The minimum atomic E-state index is -0.255. The summed E-state index contributed by atoms with van der Waals surface area (Å²) in [4.78, 5) is 12.7. The molecule has 2 rings (SSSR count). The lowest BCUT2D eigenvalue weighted by Crippen LogP contribution is -2.36. The number of carbonyl (C=O) groups excluding carboxylic acids is 1. The van der Waals surface area contributed by atoms with E-state index in [1.54, 1.807) is 0 Å². The van der Waals surface area contributed by atoms with Crippen molar-refractivity contribution in [3.8, 4) is 0 Å². The van der Waals surface area contributed by atoms with E-state index in [2.05, 4.69) is 26.1 Å². The van der Waals surface area contributed by atoms with Crippen LogP contribution < -0.4 is 5.32 Å². The first-order valence-corrected chi connectivity index (χ1v) is 7.35. The summed E-state index contributed by atoms with van der Waals surface area (Å²) >= 11 is 0. The van der Waals surface area contributed by atoms with Crippen LogP contribution in [-0.2, 0) is 4.79 Å². The Bertz CT molecular complexity index is 530. The van der Waals surface area contributed by atoms with E-state index in [9.17, 15) is 4.79 Å². The Morgan fingerprint density at radius 3 is 1.71 bits per heavy atom. The molecule has 2 aromatic carbocycles. The summed E-state index contributed by atoms with van der Waals surface area (Å²) in [6.07, 6.45) is 0.